The Kier molecular flexibility index (Phi) is 3.22. The van der Waals surface area contributed by atoms with Crippen molar-refractivity contribution in [3.63, 3.8) is 0 Å². The van der Waals surface area contributed by atoms with Gasteiger partial charge in [0, 0.05) is 0 Å². The van der Waals surface area contributed by atoms with Crippen molar-refractivity contribution < 1.29 is 19.4 Å². The van der Waals surface area contributed by atoms with E-state index in [4.69, 9.17) is 4.74 Å². The fourth-order valence-electron chi connectivity index (χ4n) is 1.80. The first-order chi connectivity index (χ1) is 7.72. The van der Waals surface area contributed by atoms with E-state index in [0.29, 0.717) is 18.8 Å². The van der Waals surface area contributed by atoms with E-state index < -0.39 is 12.1 Å². The van der Waals surface area contributed by atoms with Crippen LogP contribution in [0.4, 0.5) is 0 Å². The maximum Gasteiger partial charge on any atom is 0.339 e. The molecular weight excluding hydrogens is 208 g/mol. The summed E-state index contributed by atoms with van der Waals surface area (Å²) in [6.07, 6.45) is -0.380. The van der Waals surface area contributed by atoms with Gasteiger partial charge in [0.2, 0.25) is 0 Å². The lowest BCUT2D eigenvalue weighted by Crippen LogP contribution is -2.15. The second-order valence-corrected chi connectivity index (χ2v) is 3.76. The summed E-state index contributed by atoms with van der Waals surface area (Å²) in [5.74, 6) is -0.632. The largest absolute Gasteiger partial charge is 0.467 e. The number of esters is 1. The van der Waals surface area contributed by atoms with Gasteiger partial charge in [-0.15, -0.1) is 0 Å². The van der Waals surface area contributed by atoms with E-state index >= 15 is 0 Å². The van der Waals surface area contributed by atoms with Crippen LogP contribution in [0.15, 0.2) is 18.2 Å². The number of carbonyl (C=O) groups excluding carboxylic acids is 1. The molecule has 16 heavy (non-hydrogen) atoms. The normalized spacial score (nSPS) is 16.4. The SMILES string of the molecule is COC(=O)C(O)c1ccc2c(c1)CCOC2. The average molecular weight is 222 g/mol. The van der Waals surface area contributed by atoms with Crippen molar-refractivity contribution in [1.29, 1.82) is 0 Å². The Morgan fingerprint density at radius 2 is 2.31 bits per heavy atom. The van der Waals surface area contributed by atoms with E-state index in [-0.39, 0.29) is 0 Å². The van der Waals surface area contributed by atoms with E-state index in [1.807, 2.05) is 12.1 Å². The highest BCUT2D eigenvalue weighted by molar-refractivity contribution is 5.76. The van der Waals surface area contributed by atoms with Gasteiger partial charge in [-0.1, -0.05) is 18.2 Å². The molecular formula is C12H14O4. The van der Waals surface area contributed by atoms with Crippen molar-refractivity contribution >= 4 is 5.97 Å². The summed E-state index contributed by atoms with van der Waals surface area (Å²) in [6, 6.07) is 5.46. The third-order valence-electron chi connectivity index (χ3n) is 2.74. The highest BCUT2D eigenvalue weighted by Gasteiger charge is 2.19. The van der Waals surface area contributed by atoms with Crippen LogP contribution in [0.2, 0.25) is 0 Å². The molecule has 0 saturated carbocycles. The number of ether oxygens (including phenoxy) is 2. The molecule has 0 amide bonds. The van der Waals surface area contributed by atoms with Gasteiger partial charge in [0.15, 0.2) is 6.10 Å². The van der Waals surface area contributed by atoms with Gasteiger partial charge in [-0.05, 0) is 23.1 Å². The Labute approximate surface area is 93.8 Å². The lowest BCUT2D eigenvalue weighted by molar-refractivity contribution is -0.150. The van der Waals surface area contributed by atoms with Gasteiger partial charge in [-0.2, -0.15) is 0 Å². The molecule has 0 saturated heterocycles. The van der Waals surface area contributed by atoms with Gasteiger partial charge in [-0.25, -0.2) is 4.79 Å². The number of methoxy groups -OCH3 is 1. The van der Waals surface area contributed by atoms with Crippen molar-refractivity contribution in [1.82, 2.24) is 0 Å². The number of fused-ring (bicyclic) bond motifs is 1. The molecule has 0 aliphatic carbocycles. The molecule has 1 heterocycles. The summed E-state index contributed by atoms with van der Waals surface area (Å²) in [5, 5.41) is 9.68. The van der Waals surface area contributed by atoms with Crippen LogP contribution < -0.4 is 0 Å². The smallest absolute Gasteiger partial charge is 0.339 e. The van der Waals surface area contributed by atoms with Crippen molar-refractivity contribution in [2.75, 3.05) is 13.7 Å². The molecule has 0 fully saturated rings. The molecule has 1 aliphatic heterocycles. The summed E-state index contributed by atoms with van der Waals surface area (Å²) in [5.41, 5.74) is 2.83. The second kappa shape index (κ2) is 4.63. The standard InChI is InChI=1S/C12H14O4/c1-15-12(14)11(13)9-2-3-10-7-16-5-4-8(10)6-9/h2-3,6,11,13H,4-5,7H2,1H3. The second-order valence-electron chi connectivity index (χ2n) is 3.76. The average Bonchev–Trinajstić information content (AvgIpc) is 2.36. The van der Waals surface area contributed by atoms with Gasteiger partial charge in [0.05, 0.1) is 20.3 Å². The number of benzene rings is 1. The Balaban J connectivity index is 2.26. The Morgan fingerprint density at radius 1 is 1.50 bits per heavy atom. The lowest BCUT2D eigenvalue weighted by atomic mass is 9.98. The number of aliphatic hydroxyl groups is 1. The predicted octanol–water partition coefficient (Wildman–Crippen LogP) is 0.966. The molecule has 0 bridgehead atoms. The van der Waals surface area contributed by atoms with Crippen LogP contribution in [0, 0.1) is 0 Å². The molecule has 1 atom stereocenters. The topological polar surface area (TPSA) is 55.8 Å². The number of carbonyl (C=O) groups is 1. The fraction of sp³-hybridized carbons (Fsp3) is 0.417. The van der Waals surface area contributed by atoms with Crippen molar-refractivity contribution in [2.24, 2.45) is 0 Å². The summed E-state index contributed by atoms with van der Waals surface area (Å²) in [6.45, 7) is 1.29. The zero-order chi connectivity index (χ0) is 11.5. The monoisotopic (exact) mass is 222 g/mol. The molecule has 1 aliphatic rings. The lowest BCUT2D eigenvalue weighted by Gasteiger charge is -2.18. The van der Waals surface area contributed by atoms with Crippen LogP contribution in [-0.4, -0.2) is 24.8 Å². The number of aliphatic hydroxyl groups excluding tert-OH is 1. The van der Waals surface area contributed by atoms with E-state index in [9.17, 15) is 9.90 Å². The molecule has 1 aromatic rings. The number of rotatable bonds is 2. The minimum atomic E-state index is -1.20. The van der Waals surface area contributed by atoms with E-state index in [1.54, 1.807) is 6.07 Å². The van der Waals surface area contributed by atoms with Crippen molar-refractivity contribution in [3.8, 4) is 0 Å². The van der Waals surface area contributed by atoms with Gasteiger partial charge >= 0.3 is 5.97 Å². The molecule has 4 heteroatoms. The number of hydrogen-bond donors (Lipinski definition) is 1. The quantitative estimate of drug-likeness (QED) is 0.757. The molecule has 0 spiro atoms. The maximum absolute atomic E-state index is 11.2. The van der Waals surface area contributed by atoms with E-state index in [1.165, 1.54) is 7.11 Å². The van der Waals surface area contributed by atoms with Crippen LogP contribution in [-0.2, 0) is 27.3 Å². The first-order valence-corrected chi connectivity index (χ1v) is 5.17. The van der Waals surface area contributed by atoms with Crippen LogP contribution >= 0.6 is 0 Å². The van der Waals surface area contributed by atoms with Crippen molar-refractivity contribution in [3.05, 3.63) is 34.9 Å². The van der Waals surface area contributed by atoms with Crippen molar-refractivity contribution in [2.45, 2.75) is 19.1 Å². The number of hydrogen-bond acceptors (Lipinski definition) is 4. The Hall–Kier alpha value is -1.39. The fourth-order valence-corrected chi connectivity index (χ4v) is 1.80. The highest BCUT2D eigenvalue weighted by atomic mass is 16.5. The molecule has 4 nitrogen and oxygen atoms in total. The van der Waals surface area contributed by atoms with Crippen LogP contribution in [0.3, 0.4) is 0 Å². The van der Waals surface area contributed by atoms with Gasteiger partial charge in [0.1, 0.15) is 0 Å². The van der Waals surface area contributed by atoms with E-state index in [2.05, 4.69) is 4.74 Å². The summed E-state index contributed by atoms with van der Waals surface area (Å²) >= 11 is 0. The molecule has 1 N–H and O–H groups in total. The Bertz CT molecular complexity index is 400. The maximum atomic E-state index is 11.2. The molecule has 0 aromatic heterocycles. The highest BCUT2D eigenvalue weighted by Crippen LogP contribution is 2.22. The third-order valence-corrected chi connectivity index (χ3v) is 2.74. The van der Waals surface area contributed by atoms with E-state index in [0.717, 1.165) is 17.5 Å². The van der Waals surface area contributed by atoms with Crippen LogP contribution in [0.5, 0.6) is 0 Å². The minimum absolute atomic E-state index is 0.576. The molecule has 1 aromatic carbocycles. The molecule has 0 radical (unpaired) electrons. The molecule has 86 valence electrons. The zero-order valence-corrected chi connectivity index (χ0v) is 9.10. The first kappa shape index (κ1) is 11.1. The zero-order valence-electron chi connectivity index (χ0n) is 9.10. The van der Waals surface area contributed by atoms with Crippen LogP contribution in [0.25, 0.3) is 0 Å². The summed E-state index contributed by atoms with van der Waals surface area (Å²) < 4.78 is 9.81. The molecule has 1 unspecified atom stereocenters. The minimum Gasteiger partial charge on any atom is -0.467 e. The van der Waals surface area contributed by atoms with Gasteiger partial charge < -0.3 is 14.6 Å². The van der Waals surface area contributed by atoms with Gasteiger partial charge in [-0.3, -0.25) is 0 Å². The Morgan fingerprint density at radius 3 is 3.06 bits per heavy atom. The van der Waals surface area contributed by atoms with Gasteiger partial charge in [0.25, 0.3) is 0 Å². The third kappa shape index (κ3) is 2.08. The van der Waals surface area contributed by atoms with Crippen LogP contribution in [0.1, 0.15) is 22.8 Å². The first-order valence-electron chi connectivity index (χ1n) is 5.17. The molecule has 2 rings (SSSR count). The predicted molar refractivity (Wildman–Crippen MR) is 56.8 cm³/mol. The summed E-state index contributed by atoms with van der Waals surface area (Å²) in [7, 11) is 1.26. The summed E-state index contributed by atoms with van der Waals surface area (Å²) in [4.78, 5) is 11.2.